The predicted molar refractivity (Wildman–Crippen MR) is 118 cm³/mol. The van der Waals surface area contributed by atoms with Gasteiger partial charge in [-0.05, 0) is 44.6 Å². The molecule has 2 aromatic rings. The van der Waals surface area contributed by atoms with E-state index in [-0.39, 0.29) is 17.7 Å². The highest BCUT2D eigenvalue weighted by molar-refractivity contribution is 6.74. The number of rotatable bonds is 11. The molecule has 0 saturated carbocycles. The van der Waals surface area contributed by atoms with E-state index in [1.807, 2.05) is 18.3 Å². The number of pyridine rings is 1. The predicted octanol–water partition coefficient (Wildman–Crippen LogP) is 3.32. The lowest BCUT2D eigenvalue weighted by Crippen LogP contribution is -2.47. The molecule has 0 saturated heterocycles. The zero-order chi connectivity index (χ0) is 23.2. The van der Waals surface area contributed by atoms with Crippen LogP contribution in [0.4, 0.5) is 11.8 Å². The SMILES string of the molecule is CC(C)(C)[Si](C)(C)OC(CNCCn1cc([N+](=O)[O-])nc1[N+](=O)[O-])Cc1cccnc1. The molecule has 0 bridgehead atoms. The summed E-state index contributed by atoms with van der Waals surface area (Å²) in [6, 6.07) is 3.89. The van der Waals surface area contributed by atoms with Crippen LogP contribution in [0.2, 0.25) is 18.1 Å². The molecule has 0 radical (unpaired) electrons. The minimum atomic E-state index is -2.02. The molecule has 2 heterocycles. The minimum absolute atomic E-state index is 0.0521. The van der Waals surface area contributed by atoms with Gasteiger partial charge in [0.25, 0.3) is 0 Å². The molecule has 0 aliphatic carbocycles. The van der Waals surface area contributed by atoms with Gasteiger partial charge < -0.3 is 30.0 Å². The smallest absolute Gasteiger partial charge is 0.412 e. The Morgan fingerprint density at radius 3 is 2.52 bits per heavy atom. The lowest BCUT2D eigenvalue weighted by atomic mass is 10.1. The van der Waals surface area contributed by atoms with Crippen molar-refractivity contribution in [2.24, 2.45) is 0 Å². The molecule has 0 aromatic carbocycles. The quantitative estimate of drug-likeness (QED) is 0.238. The number of hydrogen-bond acceptors (Lipinski definition) is 8. The van der Waals surface area contributed by atoms with E-state index in [1.165, 1.54) is 4.57 Å². The molecule has 2 rings (SSSR count). The van der Waals surface area contributed by atoms with Gasteiger partial charge in [-0.15, -0.1) is 0 Å². The van der Waals surface area contributed by atoms with E-state index in [1.54, 1.807) is 6.20 Å². The highest BCUT2D eigenvalue weighted by Gasteiger charge is 2.39. The number of aromatic nitrogens is 3. The molecule has 31 heavy (non-hydrogen) atoms. The van der Waals surface area contributed by atoms with Gasteiger partial charge in [-0.25, -0.2) is 4.57 Å². The van der Waals surface area contributed by atoms with Crippen molar-refractivity contribution in [3.05, 3.63) is 56.5 Å². The summed E-state index contributed by atoms with van der Waals surface area (Å²) in [5, 5.41) is 25.3. The molecular formula is C19H30N6O5Si. The molecule has 11 nitrogen and oxygen atoms in total. The van der Waals surface area contributed by atoms with Crippen molar-refractivity contribution in [3.63, 3.8) is 0 Å². The maximum Gasteiger partial charge on any atom is 0.439 e. The van der Waals surface area contributed by atoms with Crippen LogP contribution in [0.1, 0.15) is 26.3 Å². The summed E-state index contributed by atoms with van der Waals surface area (Å²) in [7, 11) is -2.02. The summed E-state index contributed by atoms with van der Waals surface area (Å²) in [6.45, 7) is 12.0. The second kappa shape index (κ2) is 10.1. The van der Waals surface area contributed by atoms with Gasteiger partial charge >= 0.3 is 11.8 Å². The van der Waals surface area contributed by atoms with E-state index in [0.717, 1.165) is 11.8 Å². The zero-order valence-corrected chi connectivity index (χ0v) is 19.6. The molecule has 2 aromatic heterocycles. The first kappa shape index (κ1) is 24.6. The molecule has 0 amide bonds. The van der Waals surface area contributed by atoms with Crippen molar-refractivity contribution in [3.8, 4) is 0 Å². The van der Waals surface area contributed by atoms with Crippen LogP contribution < -0.4 is 5.32 Å². The van der Waals surface area contributed by atoms with Gasteiger partial charge in [-0.2, -0.15) is 0 Å². The third-order valence-electron chi connectivity index (χ3n) is 5.45. The van der Waals surface area contributed by atoms with Gasteiger partial charge in [-0.3, -0.25) is 4.98 Å². The summed E-state index contributed by atoms with van der Waals surface area (Å²) in [6.07, 6.45) is 5.21. The van der Waals surface area contributed by atoms with E-state index in [9.17, 15) is 20.2 Å². The van der Waals surface area contributed by atoms with Gasteiger partial charge in [0.2, 0.25) is 0 Å². The zero-order valence-electron chi connectivity index (χ0n) is 18.6. The Bertz CT molecular complexity index is 897. The molecule has 170 valence electrons. The summed E-state index contributed by atoms with van der Waals surface area (Å²) < 4.78 is 7.76. The first-order valence-corrected chi connectivity index (χ1v) is 12.9. The van der Waals surface area contributed by atoms with Crippen LogP contribution in [0.15, 0.2) is 30.7 Å². The monoisotopic (exact) mass is 450 g/mol. The Morgan fingerprint density at radius 1 is 1.26 bits per heavy atom. The highest BCUT2D eigenvalue weighted by Crippen LogP contribution is 2.37. The standard InChI is InChI=1S/C19H30N6O5Si/c1-19(2,3)31(4,5)30-16(11-15-7-6-8-20-12-15)13-21-9-10-23-14-17(24(26)27)22-18(23)25(28)29/h6-8,12,14,16,21H,9-11,13H2,1-5H3. The van der Waals surface area contributed by atoms with Gasteiger partial charge in [0, 0.05) is 31.9 Å². The lowest BCUT2D eigenvalue weighted by Gasteiger charge is -2.39. The summed E-state index contributed by atoms with van der Waals surface area (Å²) >= 11 is 0. The van der Waals surface area contributed by atoms with Crippen LogP contribution in [0, 0.1) is 20.2 Å². The molecule has 1 unspecified atom stereocenters. The number of imidazole rings is 1. The van der Waals surface area contributed by atoms with Gasteiger partial charge in [-0.1, -0.05) is 26.8 Å². The van der Waals surface area contributed by atoms with Crippen molar-refractivity contribution in [1.82, 2.24) is 19.9 Å². The van der Waals surface area contributed by atoms with Crippen LogP contribution in [0.5, 0.6) is 0 Å². The lowest BCUT2D eigenvalue weighted by molar-refractivity contribution is -0.403. The van der Waals surface area contributed by atoms with E-state index in [2.05, 4.69) is 49.1 Å². The molecule has 12 heteroatoms. The van der Waals surface area contributed by atoms with E-state index in [0.29, 0.717) is 19.5 Å². The number of nitrogens with one attached hydrogen (secondary N) is 1. The number of nitrogens with zero attached hydrogens (tertiary/aromatic N) is 5. The first-order chi connectivity index (χ1) is 14.4. The molecule has 0 fully saturated rings. The molecule has 0 aliphatic rings. The molecular weight excluding hydrogens is 420 g/mol. The van der Waals surface area contributed by atoms with Crippen LogP contribution >= 0.6 is 0 Å². The van der Waals surface area contributed by atoms with Gasteiger partial charge in [0.15, 0.2) is 14.5 Å². The average molecular weight is 451 g/mol. The van der Waals surface area contributed by atoms with Gasteiger partial charge in [0.1, 0.15) is 0 Å². The average Bonchev–Trinajstić information content (AvgIpc) is 3.09. The molecule has 1 atom stereocenters. The Hall–Kier alpha value is -2.70. The highest BCUT2D eigenvalue weighted by atomic mass is 28.4. The maximum absolute atomic E-state index is 11.1. The fourth-order valence-electron chi connectivity index (χ4n) is 2.78. The fourth-order valence-corrected chi connectivity index (χ4v) is 4.14. The van der Waals surface area contributed by atoms with Crippen molar-refractivity contribution >= 4 is 20.1 Å². The van der Waals surface area contributed by atoms with E-state index >= 15 is 0 Å². The van der Waals surface area contributed by atoms with E-state index in [4.69, 9.17) is 4.43 Å². The van der Waals surface area contributed by atoms with Crippen LogP contribution in [0.25, 0.3) is 0 Å². The molecule has 0 spiro atoms. The summed E-state index contributed by atoms with van der Waals surface area (Å²) in [4.78, 5) is 28.1. The Morgan fingerprint density at radius 2 is 1.97 bits per heavy atom. The fraction of sp³-hybridized carbons (Fsp3) is 0.579. The second-order valence-corrected chi connectivity index (χ2v) is 13.6. The molecule has 1 N–H and O–H groups in total. The Labute approximate surface area is 182 Å². The Kier molecular flexibility index (Phi) is 7.98. The maximum atomic E-state index is 11.1. The van der Waals surface area contributed by atoms with Crippen LogP contribution in [-0.2, 0) is 17.4 Å². The normalized spacial score (nSPS) is 13.2. The second-order valence-electron chi connectivity index (χ2n) is 8.88. The number of hydrogen-bond donors (Lipinski definition) is 1. The van der Waals surface area contributed by atoms with E-state index < -0.39 is 29.9 Å². The van der Waals surface area contributed by atoms with Gasteiger partial charge in [0.05, 0.1) is 12.6 Å². The minimum Gasteiger partial charge on any atom is -0.412 e. The third kappa shape index (κ3) is 6.91. The van der Waals surface area contributed by atoms with Crippen molar-refractivity contribution in [1.29, 1.82) is 0 Å². The van der Waals surface area contributed by atoms with Crippen molar-refractivity contribution < 1.29 is 14.3 Å². The Balaban J connectivity index is 2.03. The number of nitro groups is 2. The first-order valence-electron chi connectivity index (χ1n) is 10.0. The third-order valence-corrected chi connectivity index (χ3v) is 9.98. The molecule has 0 aliphatic heterocycles. The summed E-state index contributed by atoms with van der Waals surface area (Å²) in [5.74, 6) is -1.08. The topological polar surface area (TPSA) is 138 Å². The van der Waals surface area contributed by atoms with Crippen molar-refractivity contribution in [2.75, 3.05) is 13.1 Å². The van der Waals surface area contributed by atoms with Crippen LogP contribution in [-0.4, -0.2) is 51.9 Å². The van der Waals surface area contributed by atoms with Crippen LogP contribution in [0.3, 0.4) is 0 Å². The van der Waals surface area contributed by atoms with Crippen molar-refractivity contribution in [2.45, 2.75) is 58.0 Å². The largest absolute Gasteiger partial charge is 0.439 e. The summed E-state index contributed by atoms with van der Waals surface area (Å²) in [5.41, 5.74) is 1.06.